The van der Waals surface area contributed by atoms with Crippen LogP contribution in [0.4, 0.5) is 5.82 Å². The molecule has 3 rings (SSSR count). The van der Waals surface area contributed by atoms with Gasteiger partial charge in [-0.1, -0.05) is 25.1 Å². The van der Waals surface area contributed by atoms with Crippen LogP contribution in [0.15, 0.2) is 30.3 Å². The van der Waals surface area contributed by atoms with Gasteiger partial charge in [0, 0.05) is 12.6 Å². The van der Waals surface area contributed by atoms with Gasteiger partial charge in [-0.25, -0.2) is 4.68 Å². The van der Waals surface area contributed by atoms with Gasteiger partial charge in [0.15, 0.2) is 6.29 Å². The summed E-state index contributed by atoms with van der Waals surface area (Å²) in [4.78, 5) is 13.9. The zero-order valence-electron chi connectivity index (χ0n) is 12.6. The number of carbonyl (C=O) groups excluding carboxylic acids is 1. The lowest BCUT2D eigenvalue weighted by atomic mass is 10.1. The number of hydrogen-bond donors (Lipinski definition) is 0. The standard InChI is InChI=1S/C17H21N3O/c1-3-14-10-7-11-19(14)17-16(12-21)13(2)18-20(17)15-8-5-4-6-9-15/h4-6,8-9,12,14H,3,7,10-11H2,1-2H3. The SMILES string of the molecule is CCC1CCCN1c1c(C=O)c(C)nn1-c1ccccc1. The lowest BCUT2D eigenvalue weighted by Crippen LogP contribution is -2.31. The highest BCUT2D eigenvalue weighted by Crippen LogP contribution is 2.32. The number of para-hydroxylation sites is 1. The molecule has 1 aromatic heterocycles. The zero-order valence-corrected chi connectivity index (χ0v) is 12.6. The predicted molar refractivity (Wildman–Crippen MR) is 84.3 cm³/mol. The van der Waals surface area contributed by atoms with Crippen LogP contribution in [0.25, 0.3) is 5.69 Å². The van der Waals surface area contributed by atoms with Gasteiger partial charge in [0.2, 0.25) is 0 Å². The molecule has 2 aromatic rings. The molecule has 0 radical (unpaired) electrons. The summed E-state index contributed by atoms with van der Waals surface area (Å²) in [6.07, 6.45) is 4.41. The summed E-state index contributed by atoms with van der Waals surface area (Å²) < 4.78 is 1.92. The Morgan fingerprint density at radius 3 is 2.76 bits per heavy atom. The van der Waals surface area contributed by atoms with Crippen LogP contribution in [-0.2, 0) is 0 Å². The van der Waals surface area contributed by atoms with Crippen molar-refractivity contribution in [2.24, 2.45) is 0 Å². The van der Waals surface area contributed by atoms with Gasteiger partial charge in [-0.3, -0.25) is 4.79 Å². The monoisotopic (exact) mass is 283 g/mol. The van der Waals surface area contributed by atoms with Crippen molar-refractivity contribution in [2.45, 2.75) is 39.2 Å². The van der Waals surface area contributed by atoms with E-state index in [1.165, 1.54) is 12.8 Å². The van der Waals surface area contributed by atoms with Crippen molar-refractivity contribution < 1.29 is 4.79 Å². The molecule has 110 valence electrons. The van der Waals surface area contributed by atoms with Crippen LogP contribution in [0, 0.1) is 6.92 Å². The molecule has 0 N–H and O–H groups in total. The third-order valence-electron chi connectivity index (χ3n) is 4.32. The predicted octanol–water partition coefficient (Wildman–Crippen LogP) is 3.37. The van der Waals surface area contributed by atoms with Crippen LogP contribution < -0.4 is 4.90 Å². The number of hydrogen-bond acceptors (Lipinski definition) is 3. The number of rotatable bonds is 4. The summed E-state index contributed by atoms with van der Waals surface area (Å²) in [6.45, 7) is 5.11. The third kappa shape index (κ3) is 2.35. The molecule has 21 heavy (non-hydrogen) atoms. The van der Waals surface area contributed by atoms with Crippen LogP contribution in [0.3, 0.4) is 0 Å². The number of anilines is 1. The number of benzene rings is 1. The van der Waals surface area contributed by atoms with Gasteiger partial charge >= 0.3 is 0 Å². The van der Waals surface area contributed by atoms with E-state index in [9.17, 15) is 4.79 Å². The van der Waals surface area contributed by atoms with E-state index >= 15 is 0 Å². The van der Waals surface area contributed by atoms with Gasteiger partial charge in [0.25, 0.3) is 0 Å². The average molecular weight is 283 g/mol. The number of carbonyl (C=O) groups is 1. The van der Waals surface area contributed by atoms with Crippen molar-refractivity contribution in [2.75, 3.05) is 11.4 Å². The maximum atomic E-state index is 11.6. The van der Waals surface area contributed by atoms with E-state index in [1.807, 2.05) is 41.9 Å². The van der Waals surface area contributed by atoms with Crippen molar-refractivity contribution in [3.05, 3.63) is 41.6 Å². The summed E-state index contributed by atoms with van der Waals surface area (Å²) in [6, 6.07) is 10.5. The minimum atomic E-state index is 0.502. The Kier molecular flexibility index (Phi) is 3.78. The van der Waals surface area contributed by atoms with Crippen LogP contribution in [0.2, 0.25) is 0 Å². The summed E-state index contributed by atoms with van der Waals surface area (Å²) in [5.74, 6) is 0.957. The van der Waals surface area contributed by atoms with Crippen molar-refractivity contribution in [3.8, 4) is 5.69 Å². The molecule has 2 heterocycles. The summed E-state index contributed by atoms with van der Waals surface area (Å²) in [5.41, 5.74) is 2.52. The molecule has 0 aliphatic carbocycles. The van der Waals surface area contributed by atoms with Crippen molar-refractivity contribution in [1.82, 2.24) is 9.78 Å². The first kappa shape index (κ1) is 13.9. The van der Waals surface area contributed by atoms with Crippen LogP contribution in [0.1, 0.15) is 42.2 Å². The average Bonchev–Trinajstić information content (AvgIpc) is 3.11. The molecule has 0 bridgehead atoms. The minimum Gasteiger partial charge on any atom is -0.353 e. The minimum absolute atomic E-state index is 0.502. The molecule has 0 saturated carbocycles. The lowest BCUT2D eigenvalue weighted by molar-refractivity contribution is 0.112. The molecule has 1 aliphatic heterocycles. The van der Waals surface area contributed by atoms with Crippen LogP contribution in [-0.4, -0.2) is 28.7 Å². The smallest absolute Gasteiger partial charge is 0.155 e. The number of aldehydes is 1. The number of nitrogens with zero attached hydrogens (tertiary/aromatic N) is 3. The van der Waals surface area contributed by atoms with Crippen molar-refractivity contribution in [1.29, 1.82) is 0 Å². The van der Waals surface area contributed by atoms with E-state index in [0.717, 1.165) is 42.0 Å². The molecule has 0 amide bonds. The second-order valence-electron chi connectivity index (χ2n) is 5.59. The topological polar surface area (TPSA) is 38.1 Å². The summed E-state index contributed by atoms with van der Waals surface area (Å²) in [5, 5.41) is 4.61. The Morgan fingerprint density at radius 2 is 2.10 bits per heavy atom. The van der Waals surface area contributed by atoms with E-state index in [4.69, 9.17) is 0 Å². The zero-order chi connectivity index (χ0) is 14.8. The van der Waals surface area contributed by atoms with E-state index < -0.39 is 0 Å². The molecule has 1 fully saturated rings. The largest absolute Gasteiger partial charge is 0.353 e. The highest BCUT2D eigenvalue weighted by molar-refractivity contribution is 5.85. The van der Waals surface area contributed by atoms with Crippen molar-refractivity contribution >= 4 is 12.1 Å². The fourth-order valence-corrected chi connectivity index (χ4v) is 3.23. The first-order valence-electron chi connectivity index (χ1n) is 7.63. The van der Waals surface area contributed by atoms with Gasteiger partial charge in [0.05, 0.1) is 16.9 Å². The molecule has 1 aliphatic rings. The molecule has 1 atom stereocenters. The number of aromatic nitrogens is 2. The third-order valence-corrected chi connectivity index (χ3v) is 4.32. The summed E-state index contributed by atoms with van der Waals surface area (Å²) >= 11 is 0. The Balaban J connectivity index is 2.15. The highest BCUT2D eigenvalue weighted by atomic mass is 16.1. The molecule has 0 spiro atoms. The molecule has 1 aromatic carbocycles. The molecule has 1 unspecified atom stereocenters. The molecular weight excluding hydrogens is 262 g/mol. The normalized spacial score (nSPS) is 18.2. The fraction of sp³-hybridized carbons (Fsp3) is 0.412. The molecular formula is C17H21N3O. The first-order chi connectivity index (χ1) is 10.3. The molecule has 1 saturated heterocycles. The van der Waals surface area contributed by atoms with Gasteiger partial charge in [-0.15, -0.1) is 0 Å². The van der Waals surface area contributed by atoms with E-state index in [1.54, 1.807) is 0 Å². The maximum Gasteiger partial charge on any atom is 0.155 e. The Labute approximate surface area is 125 Å². The Bertz CT molecular complexity index is 633. The lowest BCUT2D eigenvalue weighted by Gasteiger charge is -2.27. The van der Waals surface area contributed by atoms with Gasteiger partial charge < -0.3 is 4.90 Å². The number of aryl methyl sites for hydroxylation is 1. The Hall–Kier alpha value is -2.10. The van der Waals surface area contributed by atoms with Crippen LogP contribution >= 0.6 is 0 Å². The van der Waals surface area contributed by atoms with E-state index in [-0.39, 0.29) is 0 Å². The molecule has 4 nitrogen and oxygen atoms in total. The Morgan fingerprint density at radius 1 is 1.33 bits per heavy atom. The van der Waals surface area contributed by atoms with Crippen molar-refractivity contribution in [3.63, 3.8) is 0 Å². The van der Waals surface area contributed by atoms with E-state index in [0.29, 0.717) is 6.04 Å². The highest BCUT2D eigenvalue weighted by Gasteiger charge is 2.29. The maximum absolute atomic E-state index is 11.6. The second-order valence-corrected chi connectivity index (χ2v) is 5.59. The fourth-order valence-electron chi connectivity index (χ4n) is 3.23. The first-order valence-corrected chi connectivity index (χ1v) is 7.63. The van der Waals surface area contributed by atoms with Gasteiger partial charge in [-0.2, -0.15) is 5.10 Å². The van der Waals surface area contributed by atoms with Gasteiger partial charge in [-0.05, 0) is 38.3 Å². The molecule has 4 heteroatoms. The van der Waals surface area contributed by atoms with Crippen LogP contribution in [0.5, 0.6) is 0 Å². The quantitative estimate of drug-likeness (QED) is 0.807. The van der Waals surface area contributed by atoms with Gasteiger partial charge in [0.1, 0.15) is 5.82 Å². The van der Waals surface area contributed by atoms with E-state index in [2.05, 4.69) is 16.9 Å². The second kappa shape index (κ2) is 5.72. The summed E-state index contributed by atoms with van der Waals surface area (Å²) in [7, 11) is 0.